The molecule has 224 valence electrons. The molecule has 9 atom stereocenters. The van der Waals surface area contributed by atoms with Crippen molar-refractivity contribution in [2.24, 2.45) is 52.3 Å². The quantitative estimate of drug-likeness (QED) is 0.358. The van der Waals surface area contributed by atoms with Gasteiger partial charge in [-0.2, -0.15) is 0 Å². The van der Waals surface area contributed by atoms with E-state index in [-0.39, 0.29) is 17.2 Å². The molecule has 41 heavy (non-hydrogen) atoms. The number of hydrogen-bond donors (Lipinski definition) is 1. The van der Waals surface area contributed by atoms with Crippen molar-refractivity contribution in [2.75, 3.05) is 0 Å². The van der Waals surface area contributed by atoms with Gasteiger partial charge >= 0.3 is 0 Å². The Labute approximate surface area is 248 Å². The molecule has 6 rings (SSSR count). The lowest BCUT2D eigenvalue weighted by molar-refractivity contribution is -0.138. The number of fused-ring (bicyclic) bond motifs is 6. The molecule has 4 saturated carbocycles. The van der Waals surface area contributed by atoms with Crippen LogP contribution in [0.25, 0.3) is 10.8 Å². The minimum atomic E-state index is -3.89. The lowest BCUT2D eigenvalue weighted by Crippen LogP contribution is -2.55. The molecule has 0 saturated heterocycles. The van der Waals surface area contributed by atoms with E-state index >= 15 is 0 Å². The summed E-state index contributed by atoms with van der Waals surface area (Å²) < 4.78 is 28.4. The van der Waals surface area contributed by atoms with Gasteiger partial charge in [-0.25, -0.2) is 13.1 Å². The van der Waals surface area contributed by atoms with Gasteiger partial charge in [-0.05, 0) is 127 Å². The van der Waals surface area contributed by atoms with Gasteiger partial charge in [0, 0.05) is 6.42 Å². The smallest absolute Gasteiger partial charge is 0.264 e. The Kier molecular flexibility index (Phi) is 7.83. The van der Waals surface area contributed by atoms with Gasteiger partial charge in [0.15, 0.2) is 0 Å². The summed E-state index contributed by atoms with van der Waals surface area (Å²) in [7, 11) is -3.89. The van der Waals surface area contributed by atoms with Crippen molar-refractivity contribution < 1.29 is 13.2 Å². The SMILES string of the molecule is CC[C@H]1CC2C3CC[C@H]([C@H](C)CCC(=O)NS(=O)(=O)c4ccc5ccccc5c4)[C@@]3(C)CCC2[C@@]2(C)CCCC[C@@H]12. The molecule has 4 nitrogen and oxygen atoms in total. The second kappa shape index (κ2) is 11.0. The third-order valence-corrected chi connectivity index (χ3v) is 14.5. The zero-order valence-electron chi connectivity index (χ0n) is 25.7. The number of benzene rings is 2. The van der Waals surface area contributed by atoms with Crippen LogP contribution in [0, 0.1) is 52.3 Å². The van der Waals surface area contributed by atoms with Gasteiger partial charge in [0.2, 0.25) is 5.91 Å². The van der Waals surface area contributed by atoms with E-state index in [1.54, 1.807) is 18.2 Å². The van der Waals surface area contributed by atoms with Gasteiger partial charge in [-0.15, -0.1) is 0 Å². The van der Waals surface area contributed by atoms with Gasteiger partial charge in [0.05, 0.1) is 4.90 Å². The largest absolute Gasteiger partial charge is 0.274 e. The van der Waals surface area contributed by atoms with Crippen molar-refractivity contribution >= 4 is 26.7 Å². The maximum absolute atomic E-state index is 13.0. The summed E-state index contributed by atoms with van der Waals surface area (Å²) in [6.07, 6.45) is 14.9. The summed E-state index contributed by atoms with van der Waals surface area (Å²) in [6.45, 7) is 10.0. The zero-order valence-corrected chi connectivity index (χ0v) is 26.5. The molecule has 5 heteroatoms. The molecule has 0 bridgehead atoms. The fourth-order valence-corrected chi connectivity index (χ4v) is 12.2. The molecule has 2 aromatic carbocycles. The summed E-state index contributed by atoms with van der Waals surface area (Å²) >= 11 is 0. The van der Waals surface area contributed by atoms with Crippen LogP contribution in [-0.2, 0) is 14.8 Å². The summed E-state index contributed by atoms with van der Waals surface area (Å²) in [5.74, 6) is 5.06. The van der Waals surface area contributed by atoms with Crippen LogP contribution in [0.1, 0.15) is 105 Å². The van der Waals surface area contributed by atoms with E-state index in [0.717, 1.165) is 46.8 Å². The Bertz CT molecular complexity index is 1390. The first-order valence-corrected chi connectivity index (χ1v) is 18.1. The average Bonchev–Trinajstić information content (AvgIpc) is 3.32. The number of amides is 1. The van der Waals surface area contributed by atoms with Gasteiger partial charge < -0.3 is 0 Å². The first-order valence-electron chi connectivity index (χ1n) is 16.6. The van der Waals surface area contributed by atoms with Gasteiger partial charge in [0.25, 0.3) is 10.0 Å². The van der Waals surface area contributed by atoms with Crippen LogP contribution in [0.3, 0.4) is 0 Å². The highest BCUT2D eigenvalue weighted by Gasteiger charge is 2.61. The Morgan fingerprint density at radius 2 is 1.68 bits per heavy atom. The minimum Gasteiger partial charge on any atom is -0.274 e. The van der Waals surface area contributed by atoms with Crippen molar-refractivity contribution in [3.05, 3.63) is 42.5 Å². The summed E-state index contributed by atoms with van der Waals surface area (Å²) in [6, 6.07) is 12.7. The predicted molar refractivity (Wildman–Crippen MR) is 167 cm³/mol. The van der Waals surface area contributed by atoms with Gasteiger partial charge in [-0.3, -0.25) is 4.79 Å². The van der Waals surface area contributed by atoms with Crippen molar-refractivity contribution in [1.82, 2.24) is 4.72 Å². The number of sulfonamides is 1. The number of rotatable bonds is 7. The van der Waals surface area contributed by atoms with Crippen molar-refractivity contribution in [1.29, 1.82) is 0 Å². The molecule has 2 aromatic rings. The number of nitrogens with one attached hydrogen (secondary N) is 1. The normalized spacial score (nSPS) is 37.6. The highest BCUT2D eigenvalue weighted by Crippen LogP contribution is 2.69. The van der Waals surface area contributed by atoms with E-state index in [4.69, 9.17) is 0 Å². The fourth-order valence-electron chi connectivity index (χ4n) is 11.1. The van der Waals surface area contributed by atoms with Crippen LogP contribution in [0.4, 0.5) is 0 Å². The molecular formula is C36H51NO3S. The second-order valence-electron chi connectivity index (χ2n) is 14.9. The van der Waals surface area contributed by atoms with E-state index < -0.39 is 10.0 Å². The first kappa shape index (κ1) is 29.2. The molecule has 3 unspecified atom stereocenters. The lowest BCUT2D eigenvalue weighted by atomic mass is 9.42. The zero-order chi connectivity index (χ0) is 29.0. The van der Waals surface area contributed by atoms with Crippen LogP contribution in [0.5, 0.6) is 0 Å². The summed E-state index contributed by atoms with van der Waals surface area (Å²) in [5.41, 5.74) is 0.895. The van der Waals surface area contributed by atoms with E-state index in [2.05, 4.69) is 32.4 Å². The average molecular weight is 578 g/mol. The van der Waals surface area contributed by atoms with E-state index in [1.165, 1.54) is 64.2 Å². The monoisotopic (exact) mass is 577 g/mol. The molecule has 0 radical (unpaired) electrons. The molecule has 0 spiro atoms. The van der Waals surface area contributed by atoms with Gasteiger partial charge in [-0.1, -0.05) is 77.3 Å². The topological polar surface area (TPSA) is 63.2 Å². The molecular weight excluding hydrogens is 526 g/mol. The first-order chi connectivity index (χ1) is 19.6. The van der Waals surface area contributed by atoms with Gasteiger partial charge in [0.1, 0.15) is 0 Å². The number of carbonyl (C=O) groups excluding carboxylic acids is 1. The fraction of sp³-hybridized carbons (Fsp3) is 0.694. The van der Waals surface area contributed by atoms with E-state index in [9.17, 15) is 13.2 Å². The van der Waals surface area contributed by atoms with E-state index in [1.807, 2.05) is 24.3 Å². The molecule has 0 heterocycles. The predicted octanol–water partition coefficient (Wildman–Crippen LogP) is 8.75. The Hall–Kier alpha value is -1.88. The molecule has 1 N–H and O–H groups in total. The maximum Gasteiger partial charge on any atom is 0.264 e. The van der Waals surface area contributed by atoms with Crippen LogP contribution in [0.15, 0.2) is 47.4 Å². The standard InChI is InChI=1S/C36H51NO3S/c1-5-25-23-29-32-17-16-30(36(32,4)21-19-33(29)35(3)20-9-8-12-31(25)35)24(2)13-18-34(38)37-41(39,40)28-15-14-26-10-6-7-11-27(26)22-28/h6-7,10-11,14-15,22,24-25,29-33H,5,8-9,12-13,16-21,23H2,1-4H3,(H,37,38)/t24-,25+,29?,30-,31+,32?,33?,35+,36-/m1/s1. The lowest BCUT2D eigenvalue weighted by Gasteiger charge is -2.63. The minimum absolute atomic E-state index is 0.146. The summed E-state index contributed by atoms with van der Waals surface area (Å²) in [5, 5.41) is 1.83. The molecule has 1 amide bonds. The van der Waals surface area contributed by atoms with Crippen LogP contribution in [-0.4, -0.2) is 14.3 Å². The molecule has 0 aromatic heterocycles. The van der Waals surface area contributed by atoms with Crippen LogP contribution < -0.4 is 4.72 Å². The van der Waals surface area contributed by atoms with Crippen molar-refractivity contribution in [2.45, 2.75) is 110 Å². The second-order valence-corrected chi connectivity index (χ2v) is 16.6. The molecule has 4 fully saturated rings. The summed E-state index contributed by atoms with van der Waals surface area (Å²) in [4.78, 5) is 13.1. The van der Waals surface area contributed by atoms with Crippen molar-refractivity contribution in [3.63, 3.8) is 0 Å². The highest BCUT2D eigenvalue weighted by molar-refractivity contribution is 7.90. The molecule has 0 aliphatic heterocycles. The Morgan fingerprint density at radius 1 is 0.927 bits per heavy atom. The maximum atomic E-state index is 13.0. The Balaban J connectivity index is 1.10. The molecule has 4 aliphatic carbocycles. The van der Waals surface area contributed by atoms with Crippen LogP contribution in [0.2, 0.25) is 0 Å². The third-order valence-electron chi connectivity index (χ3n) is 13.1. The van der Waals surface area contributed by atoms with Crippen LogP contribution >= 0.6 is 0 Å². The number of carbonyl (C=O) groups is 1. The van der Waals surface area contributed by atoms with Crippen molar-refractivity contribution in [3.8, 4) is 0 Å². The third kappa shape index (κ3) is 5.06. The number of hydrogen-bond acceptors (Lipinski definition) is 3. The Morgan fingerprint density at radius 3 is 2.46 bits per heavy atom. The highest BCUT2D eigenvalue weighted by atomic mass is 32.2. The van der Waals surface area contributed by atoms with E-state index in [0.29, 0.717) is 22.7 Å². The molecule has 4 aliphatic rings.